The summed E-state index contributed by atoms with van der Waals surface area (Å²) < 4.78 is 92.3. The lowest BCUT2D eigenvalue weighted by Gasteiger charge is -2.39. The number of rotatable bonds is 3. The van der Waals surface area contributed by atoms with Gasteiger partial charge in [-0.15, -0.1) is 12.4 Å². The van der Waals surface area contributed by atoms with Gasteiger partial charge in [0.15, 0.2) is 0 Å². The normalized spacial score (nSPS) is 16.7. The third-order valence-electron chi connectivity index (χ3n) is 5.47. The molecule has 2 aromatic carbocycles. The number of nitrogens with zero attached hydrogens (tertiary/aromatic N) is 2. The van der Waals surface area contributed by atoms with Gasteiger partial charge in [-0.25, -0.2) is 9.18 Å². The van der Waals surface area contributed by atoms with Crippen molar-refractivity contribution in [3.8, 4) is 0 Å². The van der Waals surface area contributed by atoms with Crippen molar-refractivity contribution in [2.75, 3.05) is 26.7 Å². The Balaban J connectivity index is 0.00000408. The number of amides is 2. The highest BCUT2D eigenvalue weighted by Gasteiger charge is 2.37. The maximum atomic E-state index is 13.5. The number of hydrogen-bond donors (Lipinski definition) is 1. The zero-order chi connectivity index (χ0) is 24.6. The van der Waals surface area contributed by atoms with Gasteiger partial charge in [-0.05, 0) is 53.9 Å². The number of benzene rings is 2. The molecule has 2 amide bonds. The summed E-state index contributed by atoms with van der Waals surface area (Å²) in [6.07, 6.45) is -9.94. The Hall–Kier alpha value is -2.53. The van der Waals surface area contributed by atoms with Gasteiger partial charge in [0.25, 0.3) is 0 Å². The van der Waals surface area contributed by atoms with Crippen LogP contribution in [-0.4, -0.2) is 42.5 Å². The molecule has 1 heterocycles. The first-order valence-electron chi connectivity index (χ1n) is 10.0. The van der Waals surface area contributed by atoms with Crippen LogP contribution in [0.3, 0.4) is 0 Å². The molecule has 0 aliphatic carbocycles. The molecule has 1 N–H and O–H groups in total. The van der Waals surface area contributed by atoms with Gasteiger partial charge >= 0.3 is 18.4 Å². The molecule has 1 aliphatic rings. The zero-order valence-electron chi connectivity index (χ0n) is 18.2. The summed E-state index contributed by atoms with van der Waals surface area (Å²) in [7, 11) is 1.31. The van der Waals surface area contributed by atoms with Crippen molar-refractivity contribution in [1.29, 1.82) is 0 Å². The molecule has 0 aromatic heterocycles. The summed E-state index contributed by atoms with van der Waals surface area (Å²) in [6.45, 7) is 2.33. The van der Waals surface area contributed by atoms with Crippen molar-refractivity contribution in [2.24, 2.45) is 0 Å². The second kappa shape index (κ2) is 10.4. The summed E-state index contributed by atoms with van der Waals surface area (Å²) in [5.74, 6) is -0.431. The molecule has 0 bridgehead atoms. The highest BCUT2D eigenvalue weighted by molar-refractivity contribution is 5.85. The van der Waals surface area contributed by atoms with Crippen molar-refractivity contribution in [1.82, 2.24) is 15.1 Å². The van der Waals surface area contributed by atoms with Gasteiger partial charge in [0.1, 0.15) is 5.82 Å². The molecule has 2 aromatic rings. The number of alkyl halides is 6. The van der Waals surface area contributed by atoms with Crippen LogP contribution in [0.4, 0.5) is 35.5 Å². The minimum atomic E-state index is -4.97. The number of nitrogens with one attached hydrogen (secondary N) is 1. The predicted molar refractivity (Wildman–Crippen MR) is 114 cm³/mol. The number of hydrogen-bond acceptors (Lipinski definition) is 2. The lowest BCUT2D eigenvalue weighted by molar-refractivity contribution is -0.143. The molecule has 1 atom stereocenters. The highest BCUT2D eigenvalue weighted by atomic mass is 35.5. The topological polar surface area (TPSA) is 35.6 Å². The molecule has 188 valence electrons. The van der Waals surface area contributed by atoms with Crippen LogP contribution in [0.15, 0.2) is 36.4 Å². The van der Waals surface area contributed by atoms with Crippen LogP contribution in [0, 0.1) is 12.7 Å². The van der Waals surface area contributed by atoms with Gasteiger partial charge in [-0.2, -0.15) is 26.3 Å². The lowest BCUT2D eigenvalue weighted by atomic mass is 9.98. The van der Waals surface area contributed by atoms with Crippen molar-refractivity contribution in [2.45, 2.75) is 31.9 Å². The quantitative estimate of drug-likeness (QED) is 0.527. The predicted octanol–water partition coefficient (Wildman–Crippen LogP) is 5.79. The maximum absolute atomic E-state index is 13.5. The third-order valence-corrected chi connectivity index (χ3v) is 5.47. The first-order chi connectivity index (χ1) is 15.3. The minimum Gasteiger partial charge on any atom is -0.323 e. The molecular weight excluding hydrogens is 491 g/mol. The second-order valence-electron chi connectivity index (χ2n) is 7.97. The molecule has 3 rings (SSSR count). The first kappa shape index (κ1) is 27.7. The number of piperazine rings is 1. The van der Waals surface area contributed by atoms with Crippen LogP contribution in [0.2, 0.25) is 0 Å². The van der Waals surface area contributed by atoms with E-state index in [1.807, 2.05) is 0 Å². The fourth-order valence-corrected chi connectivity index (χ4v) is 3.90. The van der Waals surface area contributed by atoms with Crippen LogP contribution in [0.1, 0.15) is 33.9 Å². The van der Waals surface area contributed by atoms with E-state index in [4.69, 9.17) is 0 Å². The van der Waals surface area contributed by atoms with Crippen molar-refractivity contribution in [3.63, 3.8) is 0 Å². The van der Waals surface area contributed by atoms with E-state index in [-0.39, 0.29) is 30.6 Å². The molecule has 0 unspecified atom stereocenters. The van der Waals surface area contributed by atoms with Gasteiger partial charge in [0, 0.05) is 33.2 Å². The van der Waals surface area contributed by atoms with E-state index in [0.29, 0.717) is 36.3 Å². The largest absolute Gasteiger partial charge is 0.416 e. The van der Waals surface area contributed by atoms with Crippen LogP contribution < -0.4 is 5.32 Å². The van der Waals surface area contributed by atoms with E-state index >= 15 is 0 Å². The smallest absolute Gasteiger partial charge is 0.323 e. The van der Waals surface area contributed by atoms with E-state index in [9.17, 15) is 35.5 Å². The number of halogens is 8. The highest BCUT2D eigenvalue weighted by Crippen LogP contribution is 2.36. The van der Waals surface area contributed by atoms with Crippen molar-refractivity contribution >= 4 is 18.4 Å². The Morgan fingerprint density at radius 3 is 2.18 bits per heavy atom. The molecular formula is C22H23ClF7N3O. The van der Waals surface area contributed by atoms with E-state index in [0.717, 1.165) is 4.90 Å². The van der Waals surface area contributed by atoms with Gasteiger partial charge in [0.05, 0.1) is 17.2 Å². The van der Waals surface area contributed by atoms with Crippen LogP contribution in [-0.2, 0) is 18.9 Å². The van der Waals surface area contributed by atoms with Gasteiger partial charge in [-0.3, -0.25) is 0 Å². The summed E-state index contributed by atoms with van der Waals surface area (Å²) in [6, 6.07) is 4.40. The average Bonchev–Trinajstić information content (AvgIpc) is 2.72. The summed E-state index contributed by atoms with van der Waals surface area (Å²) >= 11 is 0. The fraction of sp³-hybridized carbons (Fsp3) is 0.409. The summed E-state index contributed by atoms with van der Waals surface area (Å²) in [5, 5.41) is 3.14. The number of urea groups is 1. The number of carbonyl (C=O) groups excluding carboxylic acids is 1. The van der Waals surface area contributed by atoms with Crippen LogP contribution in [0.25, 0.3) is 0 Å². The monoisotopic (exact) mass is 513 g/mol. The Morgan fingerprint density at radius 1 is 1.06 bits per heavy atom. The van der Waals surface area contributed by atoms with Gasteiger partial charge < -0.3 is 15.1 Å². The van der Waals surface area contributed by atoms with Gasteiger partial charge in [-0.1, -0.05) is 6.07 Å². The van der Waals surface area contributed by atoms with Crippen LogP contribution in [0.5, 0.6) is 0 Å². The standard InChI is InChI=1S/C22H22F7N3O.ClH/c1-13-7-17(23)3-4-18(13)19-11-30-5-6-32(19)20(33)31(2)12-14-8-15(21(24,25)26)10-16(9-14)22(27,28)29;/h3-4,7-10,19,30H,5-6,11-12H2,1-2H3;1H/t19-;/m1./s1. The van der Waals surface area contributed by atoms with Crippen molar-refractivity contribution < 1.29 is 35.5 Å². The number of aryl methyl sites for hydroxylation is 1. The molecule has 1 saturated heterocycles. The average molecular weight is 514 g/mol. The molecule has 4 nitrogen and oxygen atoms in total. The van der Waals surface area contributed by atoms with Crippen LogP contribution >= 0.6 is 12.4 Å². The van der Waals surface area contributed by atoms with E-state index in [2.05, 4.69) is 5.32 Å². The van der Waals surface area contributed by atoms with E-state index in [1.165, 1.54) is 24.1 Å². The number of carbonyl (C=O) groups is 1. The van der Waals surface area contributed by atoms with Gasteiger partial charge in [0.2, 0.25) is 0 Å². The third kappa shape index (κ3) is 6.32. The zero-order valence-corrected chi connectivity index (χ0v) is 19.0. The Morgan fingerprint density at radius 2 is 1.65 bits per heavy atom. The molecule has 34 heavy (non-hydrogen) atoms. The second-order valence-corrected chi connectivity index (χ2v) is 7.97. The molecule has 0 spiro atoms. The molecule has 0 radical (unpaired) electrons. The SMILES string of the molecule is Cc1cc(F)ccc1[C@H]1CNCCN1C(=O)N(C)Cc1cc(C(F)(F)F)cc(C(F)(F)F)c1.Cl. The fourth-order valence-electron chi connectivity index (χ4n) is 3.90. The minimum absolute atomic E-state index is 0. The summed E-state index contributed by atoms with van der Waals surface area (Å²) in [5.41, 5.74) is -1.84. The molecule has 12 heteroatoms. The lowest BCUT2D eigenvalue weighted by Crippen LogP contribution is -2.52. The van der Waals surface area contributed by atoms with Crippen molar-refractivity contribution in [3.05, 3.63) is 70.0 Å². The Kier molecular flexibility index (Phi) is 8.47. The first-order valence-corrected chi connectivity index (χ1v) is 10.0. The maximum Gasteiger partial charge on any atom is 0.416 e. The molecule has 0 saturated carbocycles. The Labute approximate surface area is 198 Å². The molecule has 1 fully saturated rings. The Bertz CT molecular complexity index is 994. The van der Waals surface area contributed by atoms with E-state index in [1.54, 1.807) is 13.0 Å². The molecule has 1 aliphatic heterocycles. The summed E-state index contributed by atoms with van der Waals surface area (Å²) in [4.78, 5) is 15.7. The van der Waals surface area contributed by atoms with E-state index < -0.39 is 47.9 Å².